The van der Waals surface area contributed by atoms with Crippen LogP contribution in [-0.2, 0) is 6.18 Å². The van der Waals surface area contributed by atoms with Gasteiger partial charge in [-0.25, -0.2) is 0 Å². The van der Waals surface area contributed by atoms with Crippen molar-refractivity contribution in [1.82, 2.24) is 0 Å². The topological polar surface area (TPSA) is 47.3 Å². The van der Waals surface area contributed by atoms with E-state index in [1.165, 1.54) is 6.07 Å². The molecule has 6 heteroatoms. The Morgan fingerprint density at radius 3 is 2.50 bits per heavy atom. The molecule has 1 aliphatic heterocycles. The molecule has 3 nitrogen and oxygen atoms in total. The molecular formula is C18H21F3N2O. The molecule has 2 atom stereocenters. The minimum absolute atomic E-state index is 0.114. The van der Waals surface area contributed by atoms with Gasteiger partial charge in [-0.2, -0.15) is 18.4 Å². The van der Waals surface area contributed by atoms with Crippen molar-refractivity contribution in [2.75, 3.05) is 11.4 Å². The standard InChI is InChI=1S/C18H21F3N2O/c1-11(2)16-17(24,13-4-5-13)7-8-23(16)14-6-3-12(10-22)15(9-14)18(19,20)21/h3,6,9,11,13,16,24H,4-5,7-8H2,1-2H3. The monoisotopic (exact) mass is 338 g/mol. The average Bonchev–Trinajstić information content (AvgIpc) is 3.30. The summed E-state index contributed by atoms with van der Waals surface area (Å²) in [5, 5.41) is 20.0. The molecule has 1 aromatic rings. The third-order valence-corrected chi connectivity index (χ3v) is 5.28. The van der Waals surface area contributed by atoms with E-state index < -0.39 is 17.3 Å². The second-order valence-corrected chi connectivity index (χ2v) is 7.24. The quantitative estimate of drug-likeness (QED) is 0.908. The Morgan fingerprint density at radius 2 is 2.00 bits per heavy atom. The van der Waals surface area contributed by atoms with Crippen LogP contribution in [0.1, 0.15) is 44.2 Å². The Hall–Kier alpha value is -1.74. The van der Waals surface area contributed by atoms with Crippen LogP contribution in [0.2, 0.25) is 0 Å². The van der Waals surface area contributed by atoms with E-state index >= 15 is 0 Å². The van der Waals surface area contributed by atoms with Crippen LogP contribution < -0.4 is 4.90 Å². The molecule has 3 rings (SSSR count). The summed E-state index contributed by atoms with van der Waals surface area (Å²) in [6.45, 7) is 4.51. The summed E-state index contributed by atoms with van der Waals surface area (Å²) in [6, 6.07) is 5.23. The molecule has 2 fully saturated rings. The molecule has 0 aromatic heterocycles. The maximum atomic E-state index is 13.2. The van der Waals surface area contributed by atoms with E-state index in [-0.39, 0.29) is 23.4 Å². The SMILES string of the molecule is CC(C)C1N(c2ccc(C#N)c(C(F)(F)F)c2)CCC1(O)C1CC1. The lowest BCUT2D eigenvalue weighted by molar-refractivity contribution is -0.137. The average molecular weight is 338 g/mol. The van der Waals surface area contributed by atoms with E-state index in [0.717, 1.165) is 18.9 Å². The Bertz CT molecular complexity index is 676. The molecule has 0 spiro atoms. The van der Waals surface area contributed by atoms with E-state index in [9.17, 15) is 18.3 Å². The summed E-state index contributed by atoms with van der Waals surface area (Å²) in [4.78, 5) is 1.89. The first-order chi connectivity index (χ1) is 11.2. The highest BCUT2D eigenvalue weighted by Gasteiger charge is 2.55. The summed E-state index contributed by atoms with van der Waals surface area (Å²) < 4.78 is 39.7. The zero-order valence-corrected chi connectivity index (χ0v) is 13.8. The molecule has 24 heavy (non-hydrogen) atoms. The largest absolute Gasteiger partial charge is 0.417 e. The highest BCUT2D eigenvalue weighted by molar-refractivity contribution is 5.57. The molecule has 2 aliphatic rings. The zero-order chi connectivity index (χ0) is 17.7. The Morgan fingerprint density at radius 1 is 1.33 bits per heavy atom. The van der Waals surface area contributed by atoms with Gasteiger partial charge < -0.3 is 10.0 Å². The molecule has 0 amide bonds. The summed E-state index contributed by atoms with van der Waals surface area (Å²) in [5.74, 6) is 0.360. The molecule has 1 saturated heterocycles. The van der Waals surface area contributed by atoms with Gasteiger partial charge >= 0.3 is 6.18 Å². The van der Waals surface area contributed by atoms with Crippen LogP contribution in [0, 0.1) is 23.2 Å². The number of hydrogen-bond donors (Lipinski definition) is 1. The van der Waals surface area contributed by atoms with Crippen LogP contribution >= 0.6 is 0 Å². The van der Waals surface area contributed by atoms with Gasteiger partial charge in [0.25, 0.3) is 0 Å². The summed E-state index contributed by atoms with van der Waals surface area (Å²) in [5.41, 5.74) is -1.69. The highest BCUT2D eigenvalue weighted by atomic mass is 19.4. The fourth-order valence-electron chi connectivity index (χ4n) is 4.15. The molecule has 1 heterocycles. The fraction of sp³-hybridized carbons (Fsp3) is 0.611. The van der Waals surface area contributed by atoms with Gasteiger partial charge in [-0.3, -0.25) is 0 Å². The van der Waals surface area contributed by atoms with Crippen molar-refractivity contribution in [1.29, 1.82) is 5.26 Å². The summed E-state index contributed by atoms with van der Waals surface area (Å²) in [7, 11) is 0. The first-order valence-corrected chi connectivity index (χ1v) is 8.29. The number of nitrogens with zero attached hydrogens (tertiary/aromatic N) is 2. The van der Waals surface area contributed by atoms with E-state index in [1.54, 1.807) is 12.1 Å². The van der Waals surface area contributed by atoms with E-state index in [2.05, 4.69) is 0 Å². The zero-order valence-electron chi connectivity index (χ0n) is 13.8. The molecule has 0 radical (unpaired) electrons. The second-order valence-electron chi connectivity index (χ2n) is 7.24. The summed E-state index contributed by atoms with van der Waals surface area (Å²) >= 11 is 0. The lowest BCUT2D eigenvalue weighted by atomic mass is 9.82. The number of nitriles is 1. The lowest BCUT2D eigenvalue weighted by Crippen LogP contribution is -2.49. The van der Waals surface area contributed by atoms with Crippen molar-refractivity contribution < 1.29 is 18.3 Å². The van der Waals surface area contributed by atoms with Gasteiger partial charge in [0.1, 0.15) is 0 Å². The highest BCUT2D eigenvalue weighted by Crippen LogP contribution is 2.50. The van der Waals surface area contributed by atoms with Crippen LogP contribution in [0.3, 0.4) is 0 Å². The molecule has 1 saturated carbocycles. The van der Waals surface area contributed by atoms with Crippen LogP contribution in [0.4, 0.5) is 18.9 Å². The first kappa shape index (κ1) is 17.1. The number of hydrogen-bond acceptors (Lipinski definition) is 3. The Kier molecular flexibility index (Phi) is 4.03. The second kappa shape index (κ2) is 5.66. The molecule has 1 aromatic carbocycles. The van der Waals surface area contributed by atoms with Gasteiger partial charge in [0.05, 0.1) is 28.8 Å². The molecule has 130 valence electrons. The van der Waals surface area contributed by atoms with Gasteiger partial charge in [-0.1, -0.05) is 13.8 Å². The van der Waals surface area contributed by atoms with Gasteiger partial charge in [-0.15, -0.1) is 0 Å². The Labute approximate surface area is 139 Å². The minimum Gasteiger partial charge on any atom is -0.387 e. The van der Waals surface area contributed by atoms with Gasteiger partial charge in [0.15, 0.2) is 0 Å². The number of aliphatic hydroxyl groups is 1. The van der Waals surface area contributed by atoms with Crippen molar-refractivity contribution in [2.45, 2.75) is 50.9 Å². The van der Waals surface area contributed by atoms with Gasteiger partial charge in [-0.05, 0) is 49.3 Å². The van der Waals surface area contributed by atoms with Gasteiger partial charge in [0, 0.05) is 12.2 Å². The predicted octanol–water partition coefficient (Wildman–Crippen LogP) is 3.95. The fourth-order valence-corrected chi connectivity index (χ4v) is 4.15. The molecule has 1 aliphatic carbocycles. The van der Waals surface area contributed by atoms with E-state index in [1.807, 2.05) is 18.7 Å². The smallest absolute Gasteiger partial charge is 0.387 e. The van der Waals surface area contributed by atoms with Crippen LogP contribution in [0.15, 0.2) is 18.2 Å². The number of anilines is 1. The summed E-state index contributed by atoms with van der Waals surface area (Å²) in [6.07, 6.45) is -2.04. The third-order valence-electron chi connectivity index (χ3n) is 5.28. The van der Waals surface area contributed by atoms with E-state index in [0.29, 0.717) is 18.7 Å². The normalized spacial score (nSPS) is 27.6. The molecular weight excluding hydrogens is 317 g/mol. The lowest BCUT2D eigenvalue weighted by Gasteiger charge is -2.38. The van der Waals surface area contributed by atoms with Gasteiger partial charge in [0.2, 0.25) is 0 Å². The number of rotatable bonds is 3. The van der Waals surface area contributed by atoms with Crippen LogP contribution in [0.25, 0.3) is 0 Å². The number of benzene rings is 1. The van der Waals surface area contributed by atoms with Crippen LogP contribution in [0.5, 0.6) is 0 Å². The van der Waals surface area contributed by atoms with Crippen molar-refractivity contribution >= 4 is 5.69 Å². The van der Waals surface area contributed by atoms with Crippen molar-refractivity contribution in [3.8, 4) is 6.07 Å². The van der Waals surface area contributed by atoms with Crippen molar-refractivity contribution in [3.63, 3.8) is 0 Å². The molecule has 2 unspecified atom stereocenters. The number of alkyl halides is 3. The molecule has 0 bridgehead atoms. The predicted molar refractivity (Wildman–Crippen MR) is 84.4 cm³/mol. The Balaban J connectivity index is 2.01. The van der Waals surface area contributed by atoms with Crippen molar-refractivity contribution in [3.05, 3.63) is 29.3 Å². The van der Waals surface area contributed by atoms with Crippen LogP contribution in [-0.4, -0.2) is 23.3 Å². The van der Waals surface area contributed by atoms with E-state index in [4.69, 9.17) is 5.26 Å². The third kappa shape index (κ3) is 2.75. The molecule has 1 N–H and O–H groups in total. The number of halogens is 3. The maximum Gasteiger partial charge on any atom is 0.417 e. The first-order valence-electron chi connectivity index (χ1n) is 8.29. The van der Waals surface area contributed by atoms with Crippen molar-refractivity contribution in [2.24, 2.45) is 11.8 Å². The maximum absolute atomic E-state index is 13.2. The minimum atomic E-state index is -4.57.